The standard InChI is InChI=1S/C15H12F2N4O/c16-15(17)22-13-3-1-2-12(20-13)21-14-10(8-18)6-7-11(19-14)9-4-5-9/h1-3,6-7,9,15H,4-5H2,(H,19,20,21). The molecule has 22 heavy (non-hydrogen) atoms. The van der Waals surface area contributed by atoms with E-state index in [1.54, 1.807) is 12.1 Å². The molecule has 1 N–H and O–H groups in total. The van der Waals surface area contributed by atoms with Crippen LogP contribution in [0.1, 0.15) is 30.0 Å². The van der Waals surface area contributed by atoms with Gasteiger partial charge >= 0.3 is 6.61 Å². The van der Waals surface area contributed by atoms with Crippen LogP contribution in [0.25, 0.3) is 0 Å². The van der Waals surface area contributed by atoms with Gasteiger partial charge in [0.25, 0.3) is 0 Å². The van der Waals surface area contributed by atoms with Crippen LogP contribution >= 0.6 is 0 Å². The van der Waals surface area contributed by atoms with Gasteiger partial charge < -0.3 is 10.1 Å². The average molecular weight is 302 g/mol. The third-order valence-electron chi connectivity index (χ3n) is 3.21. The molecule has 1 fully saturated rings. The summed E-state index contributed by atoms with van der Waals surface area (Å²) in [6.45, 7) is -2.94. The Morgan fingerprint density at radius 2 is 2.05 bits per heavy atom. The molecule has 0 saturated heterocycles. The van der Waals surface area contributed by atoms with E-state index in [-0.39, 0.29) is 11.7 Å². The molecule has 0 bridgehead atoms. The largest absolute Gasteiger partial charge is 0.417 e. The molecule has 0 amide bonds. The van der Waals surface area contributed by atoms with Crippen LogP contribution in [0.5, 0.6) is 5.88 Å². The Kier molecular flexibility index (Phi) is 3.83. The Morgan fingerprint density at radius 1 is 1.23 bits per heavy atom. The molecule has 112 valence electrons. The molecule has 1 saturated carbocycles. The first-order chi connectivity index (χ1) is 10.7. The molecule has 0 aromatic carbocycles. The number of alkyl halides is 2. The van der Waals surface area contributed by atoms with E-state index in [1.165, 1.54) is 12.1 Å². The van der Waals surface area contributed by atoms with Crippen LogP contribution in [0.2, 0.25) is 0 Å². The lowest BCUT2D eigenvalue weighted by atomic mass is 10.2. The van der Waals surface area contributed by atoms with Crippen LogP contribution in [-0.4, -0.2) is 16.6 Å². The van der Waals surface area contributed by atoms with Crippen LogP contribution in [-0.2, 0) is 0 Å². The minimum absolute atomic E-state index is 0.197. The summed E-state index contributed by atoms with van der Waals surface area (Å²) in [5, 5.41) is 12.0. The molecule has 5 nitrogen and oxygen atoms in total. The summed E-state index contributed by atoms with van der Waals surface area (Å²) in [6.07, 6.45) is 2.18. The number of aromatic nitrogens is 2. The van der Waals surface area contributed by atoms with Crippen molar-refractivity contribution in [1.82, 2.24) is 9.97 Å². The molecular weight excluding hydrogens is 290 g/mol. The normalized spacial score (nSPS) is 13.7. The van der Waals surface area contributed by atoms with Crippen molar-refractivity contribution < 1.29 is 13.5 Å². The molecule has 0 radical (unpaired) electrons. The smallest absolute Gasteiger partial charge is 0.388 e. The summed E-state index contributed by atoms with van der Waals surface area (Å²) in [5.74, 6) is 0.898. The fourth-order valence-corrected chi connectivity index (χ4v) is 2.03. The number of halogens is 2. The fourth-order valence-electron chi connectivity index (χ4n) is 2.03. The molecule has 2 heterocycles. The molecule has 0 aliphatic heterocycles. The van der Waals surface area contributed by atoms with Gasteiger partial charge in [0.2, 0.25) is 5.88 Å². The van der Waals surface area contributed by atoms with Crippen molar-refractivity contribution in [1.29, 1.82) is 5.26 Å². The van der Waals surface area contributed by atoms with Crippen molar-refractivity contribution >= 4 is 11.6 Å². The van der Waals surface area contributed by atoms with Crippen molar-refractivity contribution in [3.05, 3.63) is 41.6 Å². The summed E-state index contributed by atoms with van der Waals surface area (Å²) in [5.41, 5.74) is 1.29. The van der Waals surface area contributed by atoms with Crippen LogP contribution in [0.3, 0.4) is 0 Å². The van der Waals surface area contributed by atoms with E-state index < -0.39 is 6.61 Å². The van der Waals surface area contributed by atoms with Gasteiger partial charge in [-0.05, 0) is 31.0 Å². The number of nitrogens with one attached hydrogen (secondary N) is 1. The number of hydrogen-bond donors (Lipinski definition) is 1. The van der Waals surface area contributed by atoms with Crippen LogP contribution in [0.15, 0.2) is 30.3 Å². The van der Waals surface area contributed by atoms with E-state index in [1.807, 2.05) is 12.1 Å². The Morgan fingerprint density at radius 3 is 2.73 bits per heavy atom. The quantitative estimate of drug-likeness (QED) is 0.914. The molecule has 0 spiro atoms. The highest BCUT2D eigenvalue weighted by Crippen LogP contribution is 2.39. The molecule has 7 heteroatoms. The minimum atomic E-state index is -2.94. The van der Waals surface area contributed by atoms with Gasteiger partial charge in [-0.1, -0.05) is 6.07 Å². The maximum Gasteiger partial charge on any atom is 0.388 e. The van der Waals surface area contributed by atoms with Gasteiger partial charge in [-0.15, -0.1) is 0 Å². The van der Waals surface area contributed by atoms with E-state index in [0.29, 0.717) is 17.3 Å². The highest BCUT2D eigenvalue weighted by molar-refractivity contribution is 5.60. The molecule has 1 aliphatic carbocycles. The number of ether oxygens (including phenoxy) is 1. The van der Waals surface area contributed by atoms with Crippen LogP contribution < -0.4 is 10.1 Å². The molecular formula is C15H12F2N4O. The van der Waals surface area contributed by atoms with Crippen molar-refractivity contribution in [3.8, 4) is 11.9 Å². The second-order valence-electron chi connectivity index (χ2n) is 4.88. The lowest BCUT2D eigenvalue weighted by Crippen LogP contribution is -2.05. The molecule has 0 atom stereocenters. The SMILES string of the molecule is N#Cc1ccc(C2CC2)nc1Nc1cccc(OC(F)F)n1. The van der Waals surface area contributed by atoms with Crippen molar-refractivity contribution in [2.75, 3.05) is 5.32 Å². The van der Waals surface area contributed by atoms with Crippen molar-refractivity contribution in [2.24, 2.45) is 0 Å². The highest BCUT2D eigenvalue weighted by atomic mass is 19.3. The Balaban J connectivity index is 1.85. The van der Waals surface area contributed by atoms with Crippen molar-refractivity contribution in [3.63, 3.8) is 0 Å². The number of nitriles is 1. The summed E-state index contributed by atoms with van der Waals surface area (Å²) in [6, 6.07) is 10.0. The van der Waals surface area contributed by atoms with Crippen LogP contribution in [0, 0.1) is 11.3 Å². The minimum Gasteiger partial charge on any atom is -0.417 e. The number of nitrogens with zero attached hydrogens (tertiary/aromatic N) is 3. The molecule has 0 unspecified atom stereocenters. The lowest BCUT2D eigenvalue weighted by molar-refractivity contribution is -0.0527. The first-order valence-electron chi connectivity index (χ1n) is 6.75. The number of hydrogen-bond acceptors (Lipinski definition) is 5. The Hall–Kier alpha value is -2.75. The maximum absolute atomic E-state index is 12.2. The molecule has 2 aromatic rings. The lowest BCUT2D eigenvalue weighted by Gasteiger charge is -2.10. The molecule has 3 rings (SSSR count). The average Bonchev–Trinajstić information content (AvgIpc) is 3.31. The van der Waals surface area contributed by atoms with Gasteiger partial charge in [0.1, 0.15) is 17.7 Å². The number of anilines is 2. The zero-order valence-electron chi connectivity index (χ0n) is 11.5. The number of rotatable bonds is 5. The summed E-state index contributed by atoms with van der Waals surface area (Å²) in [4.78, 5) is 8.34. The first kappa shape index (κ1) is 14.2. The van der Waals surface area contributed by atoms with E-state index in [0.717, 1.165) is 18.5 Å². The van der Waals surface area contributed by atoms with E-state index in [9.17, 15) is 8.78 Å². The predicted octanol–water partition coefficient (Wildman–Crippen LogP) is 3.57. The topological polar surface area (TPSA) is 70.8 Å². The zero-order valence-corrected chi connectivity index (χ0v) is 11.5. The third-order valence-corrected chi connectivity index (χ3v) is 3.21. The second kappa shape index (κ2) is 5.93. The predicted molar refractivity (Wildman–Crippen MR) is 75.1 cm³/mol. The van der Waals surface area contributed by atoms with Gasteiger partial charge in [0.05, 0.1) is 5.56 Å². The molecule has 1 aliphatic rings. The van der Waals surface area contributed by atoms with E-state index in [4.69, 9.17) is 5.26 Å². The maximum atomic E-state index is 12.2. The highest BCUT2D eigenvalue weighted by Gasteiger charge is 2.25. The van der Waals surface area contributed by atoms with Crippen molar-refractivity contribution in [2.45, 2.75) is 25.4 Å². The van der Waals surface area contributed by atoms with E-state index >= 15 is 0 Å². The monoisotopic (exact) mass is 302 g/mol. The Bertz CT molecular complexity index is 726. The third kappa shape index (κ3) is 3.28. The summed E-state index contributed by atoms with van der Waals surface area (Å²) < 4.78 is 28.7. The Labute approximate surface area is 125 Å². The van der Waals surface area contributed by atoms with Gasteiger partial charge in [-0.2, -0.15) is 19.0 Å². The summed E-state index contributed by atoms with van der Waals surface area (Å²) in [7, 11) is 0. The van der Waals surface area contributed by atoms with Gasteiger partial charge in [0.15, 0.2) is 0 Å². The first-order valence-corrected chi connectivity index (χ1v) is 6.75. The summed E-state index contributed by atoms with van der Waals surface area (Å²) >= 11 is 0. The van der Waals surface area contributed by atoms with Gasteiger partial charge in [-0.25, -0.2) is 4.98 Å². The van der Waals surface area contributed by atoms with Gasteiger partial charge in [0, 0.05) is 17.7 Å². The zero-order chi connectivity index (χ0) is 15.5. The van der Waals surface area contributed by atoms with Crippen LogP contribution in [0.4, 0.5) is 20.4 Å². The number of pyridine rings is 2. The fraction of sp³-hybridized carbons (Fsp3) is 0.267. The van der Waals surface area contributed by atoms with E-state index in [2.05, 4.69) is 20.0 Å². The molecule has 2 aromatic heterocycles. The van der Waals surface area contributed by atoms with Gasteiger partial charge in [-0.3, -0.25) is 0 Å². The second-order valence-corrected chi connectivity index (χ2v) is 4.88.